The summed E-state index contributed by atoms with van der Waals surface area (Å²) in [6.45, 7) is 8.08. The molecule has 0 N–H and O–H groups in total. The number of ketones is 1. The summed E-state index contributed by atoms with van der Waals surface area (Å²) in [5.74, 6) is 0.0671. The molecule has 0 atom stereocenters. The Hall–Kier alpha value is -0.670. The number of hydrogen-bond acceptors (Lipinski definition) is 3. The molecular weight excluding hydrogens is 196 g/mol. The van der Waals surface area contributed by atoms with Crippen molar-refractivity contribution in [1.29, 1.82) is 0 Å². The van der Waals surface area contributed by atoms with E-state index in [2.05, 4.69) is 0 Å². The molecule has 14 heavy (non-hydrogen) atoms. The fraction of sp³-hybridized carbons (Fsp3) is 0.545. The molecule has 78 valence electrons. The summed E-state index contributed by atoms with van der Waals surface area (Å²) >= 11 is 1.52. The monoisotopic (exact) mass is 212 g/mol. The zero-order chi connectivity index (χ0) is 10.8. The van der Waals surface area contributed by atoms with Gasteiger partial charge in [0.2, 0.25) is 5.78 Å². The first-order valence-corrected chi connectivity index (χ1v) is 5.54. The fourth-order valence-corrected chi connectivity index (χ4v) is 2.24. The minimum Gasteiger partial charge on any atom is -0.368 e. The Balaban J connectivity index is 2.84. The van der Waals surface area contributed by atoms with E-state index in [-0.39, 0.29) is 5.78 Å². The Morgan fingerprint density at radius 3 is 2.57 bits per heavy atom. The van der Waals surface area contributed by atoms with Gasteiger partial charge in [0.25, 0.3) is 0 Å². The smallest absolute Gasteiger partial charge is 0.203 e. The predicted molar refractivity (Wildman–Crippen MR) is 59.1 cm³/mol. The van der Waals surface area contributed by atoms with Crippen LogP contribution in [0.2, 0.25) is 0 Å². The average molecular weight is 212 g/mol. The van der Waals surface area contributed by atoms with E-state index in [0.717, 1.165) is 9.75 Å². The lowest BCUT2D eigenvalue weighted by Crippen LogP contribution is -2.34. The highest BCUT2D eigenvalue weighted by atomic mass is 32.1. The summed E-state index contributed by atoms with van der Waals surface area (Å²) in [5.41, 5.74) is -0.702. The molecule has 0 aliphatic heterocycles. The first-order valence-electron chi connectivity index (χ1n) is 4.72. The molecule has 0 aliphatic carbocycles. The lowest BCUT2D eigenvalue weighted by atomic mass is 10.0. The van der Waals surface area contributed by atoms with Gasteiger partial charge < -0.3 is 4.74 Å². The molecule has 0 radical (unpaired) electrons. The Bertz CT molecular complexity index is 326. The van der Waals surface area contributed by atoms with Crippen LogP contribution in [0.5, 0.6) is 0 Å². The number of hydrogen-bond donors (Lipinski definition) is 0. The molecule has 1 aromatic heterocycles. The van der Waals surface area contributed by atoms with E-state index in [4.69, 9.17) is 4.74 Å². The molecule has 0 amide bonds. The van der Waals surface area contributed by atoms with Crippen molar-refractivity contribution < 1.29 is 9.53 Å². The normalized spacial score (nSPS) is 11.7. The summed E-state index contributed by atoms with van der Waals surface area (Å²) in [4.78, 5) is 13.9. The summed E-state index contributed by atoms with van der Waals surface area (Å²) < 4.78 is 5.41. The molecule has 1 aromatic rings. The van der Waals surface area contributed by atoms with Crippen LogP contribution in [0, 0.1) is 6.92 Å². The Morgan fingerprint density at radius 2 is 2.14 bits per heavy atom. The zero-order valence-corrected chi connectivity index (χ0v) is 9.90. The van der Waals surface area contributed by atoms with E-state index in [1.165, 1.54) is 11.3 Å². The lowest BCUT2D eigenvalue weighted by Gasteiger charge is -2.21. The standard InChI is InChI=1S/C11H16O2S/c1-5-13-11(3,4)10(12)9-7-6-8(2)14-9/h6-7H,5H2,1-4H3. The van der Waals surface area contributed by atoms with E-state index < -0.39 is 5.60 Å². The molecule has 0 spiro atoms. The van der Waals surface area contributed by atoms with Gasteiger partial charge in [0.1, 0.15) is 5.60 Å². The SMILES string of the molecule is CCOC(C)(C)C(=O)c1ccc(C)s1. The summed E-state index contributed by atoms with van der Waals surface area (Å²) in [6, 6.07) is 3.82. The number of aryl methyl sites for hydroxylation is 1. The first kappa shape index (κ1) is 11.4. The van der Waals surface area contributed by atoms with Gasteiger partial charge in [0, 0.05) is 11.5 Å². The van der Waals surface area contributed by atoms with Gasteiger partial charge in [-0.15, -0.1) is 11.3 Å². The highest BCUT2D eigenvalue weighted by molar-refractivity contribution is 7.14. The van der Waals surface area contributed by atoms with Crippen molar-refractivity contribution in [3.8, 4) is 0 Å². The van der Waals surface area contributed by atoms with Crippen LogP contribution in [0.1, 0.15) is 35.3 Å². The topological polar surface area (TPSA) is 26.3 Å². The van der Waals surface area contributed by atoms with Crippen LogP contribution in [-0.2, 0) is 4.74 Å². The van der Waals surface area contributed by atoms with E-state index in [0.29, 0.717) is 6.61 Å². The molecule has 0 aliphatic rings. The summed E-state index contributed by atoms with van der Waals surface area (Å²) in [6.07, 6.45) is 0. The average Bonchev–Trinajstić information content (AvgIpc) is 2.50. The van der Waals surface area contributed by atoms with E-state index in [1.807, 2.05) is 39.8 Å². The fourth-order valence-electron chi connectivity index (χ4n) is 1.28. The van der Waals surface area contributed by atoms with Gasteiger partial charge in [-0.2, -0.15) is 0 Å². The third-order valence-corrected chi connectivity index (χ3v) is 3.02. The van der Waals surface area contributed by atoms with Crippen LogP contribution < -0.4 is 0 Å². The van der Waals surface area contributed by atoms with Crippen LogP contribution in [0.15, 0.2) is 12.1 Å². The van der Waals surface area contributed by atoms with Gasteiger partial charge in [-0.05, 0) is 39.8 Å². The van der Waals surface area contributed by atoms with Crippen molar-refractivity contribution in [3.05, 3.63) is 21.9 Å². The van der Waals surface area contributed by atoms with Crippen LogP contribution in [0.25, 0.3) is 0 Å². The maximum atomic E-state index is 12.0. The van der Waals surface area contributed by atoms with Gasteiger partial charge >= 0.3 is 0 Å². The van der Waals surface area contributed by atoms with Crippen molar-refractivity contribution in [3.63, 3.8) is 0 Å². The Kier molecular flexibility index (Phi) is 3.45. The van der Waals surface area contributed by atoms with Gasteiger partial charge in [0.15, 0.2) is 0 Å². The molecule has 0 saturated heterocycles. The predicted octanol–water partition coefficient (Wildman–Crippen LogP) is 3.05. The van der Waals surface area contributed by atoms with Crippen molar-refractivity contribution in [2.75, 3.05) is 6.61 Å². The third-order valence-electron chi connectivity index (χ3n) is 2.02. The van der Waals surface area contributed by atoms with Crippen LogP contribution in [0.3, 0.4) is 0 Å². The Labute approximate surface area is 88.9 Å². The zero-order valence-electron chi connectivity index (χ0n) is 9.09. The molecule has 1 heterocycles. The highest BCUT2D eigenvalue weighted by Crippen LogP contribution is 2.23. The van der Waals surface area contributed by atoms with Gasteiger partial charge in [-0.25, -0.2) is 0 Å². The maximum absolute atomic E-state index is 12.0. The van der Waals surface area contributed by atoms with E-state index in [9.17, 15) is 4.79 Å². The highest BCUT2D eigenvalue weighted by Gasteiger charge is 2.29. The van der Waals surface area contributed by atoms with Crippen molar-refractivity contribution in [2.24, 2.45) is 0 Å². The van der Waals surface area contributed by atoms with Gasteiger partial charge in [-0.1, -0.05) is 0 Å². The quantitative estimate of drug-likeness (QED) is 0.717. The molecule has 0 fully saturated rings. The van der Waals surface area contributed by atoms with Crippen LogP contribution in [0.4, 0.5) is 0 Å². The molecular formula is C11H16O2S. The number of carbonyl (C=O) groups is 1. The minimum atomic E-state index is -0.702. The second-order valence-electron chi connectivity index (χ2n) is 3.68. The number of carbonyl (C=O) groups excluding carboxylic acids is 1. The van der Waals surface area contributed by atoms with Crippen molar-refractivity contribution >= 4 is 17.1 Å². The molecule has 0 unspecified atom stereocenters. The van der Waals surface area contributed by atoms with E-state index >= 15 is 0 Å². The number of rotatable bonds is 4. The van der Waals surface area contributed by atoms with Gasteiger partial charge in [-0.3, -0.25) is 4.79 Å². The van der Waals surface area contributed by atoms with E-state index in [1.54, 1.807) is 0 Å². The maximum Gasteiger partial charge on any atom is 0.203 e. The molecule has 0 saturated carbocycles. The third kappa shape index (κ3) is 2.42. The van der Waals surface area contributed by atoms with Crippen LogP contribution >= 0.6 is 11.3 Å². The van der Waals surface area contributed by atoms with Crippen LogP contribution in [-0.4, -0.2) is 18.0 Å². The summed E-state index contributed by atoms with van der Waals surface area (Å²) in [7, 11) is 0. The lowest BCUT2D eigenvalue weighted by molar-refractivity contribution is 0.00159. The second kappa shape index (κ2) is 4.24. The molecule has 1 rings (SSSR count). The Morgan fingerprint density at radius 1 is 1.50 bits per heavy atom. The first-order chi connectivity index (χ1) is 6.47. The van der Waals surface area contributed by atoms with Crippen molar-refractivity contribution in [2.45, 2.75) is 33.3 Å². The minimum absolute atomic E-state index is 0.0671. The van der Waals surface area contributed by atoms with Crippen molar-refractivity contribution in [1.82, 2.24) is 0 Å². The van der Waals surface area contributed by atoms with Gasteiger partial charge in [0.05, 0.1) is 4.88 Å². The number of Topliss-reactive ketones (excluding diaryl/α,β-unsaturated/α-hetero) is 1. The molecule has 0 bridgehead atoms. The second-order valence-corrected chi connectivity index (χ2v) is 4.97. The molecule has 0 aromatic carbocycles. The largest absolute Gasteiger partial charge is 0.368 e. The molecule has 3 heteroatoms. The summed E-state index contributed by atoms with van der Waals surface area (Å²) in [5, 5.41) is 0. The number of ether oxygens (including phenoxy) is 1. The number of thiophene rings is 1. The molecule has 2 nitrogen and oxygen atoms in total.